The minimum absolute atomic E-state index is 0.135. The molecule has 5 unspecified atom stereocenters. The van der Waals surface area contributed by atoms with Crippen LogP contribution in [-0.2, 0) is 9.59 Å². The first-order chi connectivity index (χ1) is 11.5. The van der Waals surface area contributed by atoms with Crippen LogP contribution in [0.5, 0.6) is 0 Å². The number of carbonyl (C=O) groups is 2. The first kappa shape index (κ1) is 18.2. The molecule has 2 N–H and O–H groups in total. The summed E-state index contributed by atoms with van der Waals surface area (Å²) in [5.41, 5.74) is 5.38. The molecule has 5 atom stereocenters. The molecule has 0 aromatic rings. The summed E-state index contributed by atoms with van der Waals surface area (Å²) in [4.78, 5) is 28.3. The number of hydrogen-bond donors (Lipinski definition) is 2. The molecule has 0 bridgehead atoms. The molecule has 2 aliphatic heterocycles. The molecule has 3 aliphatic rings. The Balaban J connectivity index is 1.54. The van der Waals surface area contributed by atoms with Crippen LogP contribution in [0.4, 0.5) is 0 Å². The van der Waals surface area contributed by atoms with E-state index in [2.05, 4.69) is 17.8 Å². The Morgan fingerprint density at radius 3 is 2.71 bits per heavy atom. The van der Waals surface area contributed by atoms with Crippen LogP contribution in [0.15, 0.2) is 0 Å². The van der Waals surface area contributed by atoms with Crippen LogP contribution in [0.3, 0.4) is 0 Å². The van der Waals surface area contributed by atoms with E-state index in [-0.39, 0.29) is 23.2 Å². The van der Waals surface area contributed by atoms with Crippen molar-refractivity contribution < 1.29 is 9.59 Å². The first-order valence-corrected chi connectivity index (χ1v) is 9.65. The topological polar surface area (TPSA) is 64.7 Å². The molecule has 0 aromatic carbocycles. The molecule has 8 heteroatoms. The fraction of sp³-hybridized carbons (Fsp3) is 0.875. The van der Waals surface area contributed by atoms with Crippen molar-refractivity contribution in [2.24, 2.45) is 11.8 Å². The first-order valence-electron chi connectivity index (χ1n) is 8.78. The van der Waals surface area contributed by atoms with E-state index in [9.17, 15) is 9.59 Å². The molecule has 0 aromatic heterocycles. The van der Waals surface area contributed by atoms with Crippen LogP contribution in [-0.4, -0.2) is 71.1 Å². The summed E-state index contributed by atoms with van der Waals surface area (Å²) in [5, 5.41) is -0.334. The third-order valence-electron chi connectivity index (χ3n) is 5.67. The van der Waals surface area contributed by atoms with Gasteiger partial charge in [0.15, 0.2) is 0 Å². The summed E-state index contributed by atoms with van der Waals surface area (Å²) < 4.78 is 0. The summed E-state index contributed by atoms with van der Waals surface area (Å²) >= 11 is 12.4. The summed E-state index contributed by atoms with van der Waals surface area (Å²) in [5.74, 6) is 1.01. The lowest BCUT2D eigenvalue weighted by Crippen LogP contribution is -2.65. The van der Waals surface area contributed by atoms with Gasteiger partial charge in [-0.15, -0.1) is 23.2 Å². The molecule has 1 saturated carbocycles. The van der Waals surface area contributed by atoms with Crippen molar-refractivity contribution in [2.75, 3.05) is 32.7 Å². The fourth-order valence-corrected chi connectivity index (χ4v) is 4.76. The van der Waals surface area contributed by atoms with E-state index in [1.54, 1.807) is 0 Å². The Labute approximate surface area is 153 Å². The van der Waals surface area contributed by atoms with E-state index < -0.39 is 5.38 Å². The monoisotopic (exact) mass is 376 g/mol. The van der Waals surface area contributed by atoms with E-state index in [1.165, 1.54) is 0 Å². The molecule has 2 amide bonds. The number of carbonyl (C=O) groups excluding carboxylic acids is 2. The molecule has 1 aliphatic carbocycles. The second-order valence-electron chi connectivity index (χ2n) is 7.30. The Bertz CT molecular complexity index is 493. The highest BCUT2D eigenvalue weighted by Gasteiger charge is 2.38. The van der Waals surface area contributed by atoms with Gasteiger partial charge in [0, 0.05) is 37.6 Å². The van der Waals surface area contributed by atoms with Crippen LogP contribution in [0, 0.1) is 11.8 Å². The van der Waals surface area contributed by atoms with Crippen molar-refractivity contribution in [3.05, 3.63) is 0 Å². The predicted molar refractivity (Wildman–Crippen MR) is 93.9 cm³/mol. The predicted octanol–water partition coefficient (Wildman–Crippen LogP) is 0.785. The molecule has 0 radical (unpaired) electrons. The van der Waals surface area contributed by atoms with Gasteiger partial charge in [-0.05, 0) is 31.1 Å². The fourth-order valence-electron chi connectivity index (χ4n) is 4.05. The standard InChI is InChI=1S/C16H26Cl2N4O2/c1-10-6-12(17)3-2-11(10)8-22-5-4-21(9-14(22)23)13-7-19-20-16(24)15(13)18/h10-13,15,19H,2-9H2,1H3,(H,20,24). The molecule has 3 fully saturated rings. The minimum atomic E-state index is -0.621. The second kappa shape index (κ2) is 7.77. The molecular weight excluding hydrogens is 351 g/mol. The Morgan fingerprint density at radius 2 is 2.00 bits per heavy atom. The molecule has 0 spiro atoms. The molecular formula is C16H26Cl2N4O2. The van der Waals surface area contributed by atoms with Crippen LogP contribution in [0.2, 0.25) is 0 Å². The van der Waals surface area contributed by atoms with Crippen LogP contribution < -0.4 is 10.9 Å². The van der Waals surface area contributed by atoms with Gasteiger partial charge in [-0.1, -0.05) is 6.92 Å². The quantitative estimate of drug-likeness (QED) is 0.714. The highest BCUT2D eigenvalue weighted by atomic mass is 35.5. The number of nitrogens with one attached hydrogen (secondary N) is 2. The Morgan fingerprint density at radius 1 is 1.21 bits per heavy atom. The highest BCUT2D eigenvalue weighted by molar-refractivity contribution is 6.31. The van der Waals surface area contributed by atoms with Gasteiger partial charge in [0.25, 0.3) is 5.91 Å². The van der Waals surface area contributed by atoms with Gasteiger partial charge in [0.05, 0.1) is 6.54 Å². The van der Waals surface area contributed by atoms with Crippen molar-refractivity contribution in [1.29, 1.82) is 0 Å². The summed E-state index contributed by atoms with van der Waals surface area (Å²) in [7, 11) is 0. The highest BCUT2D eigenvalue weighted by Crippen LogP contribution is 2.33. The van der Waals surface area contributed by atoms with Gasteiger partial charge < -0.3 is 4.90 Å². The molecule has 2 heterocycles. The molecule has 6 nitrogen and oxygen atoms in total. The van der Waals surface area contributed by atoms with Crippen molar-refractivity contribution >= 4 is 35.0 Å². The van der Waals surface area contributed by atoms with Crippen molar-refractivity contribution in [3.63, 3.8) is 0 Å². The van der Waals surface area contributed by atoms with Crippen molar-refractivity contribution in [3.8, 4) is 0 Å². The second-order valence-corrected chi connectivity index (χ2v) is 8.38. The van der Waals surface area contributed by atoms with Gasteiger partial charge in [-0.2, -0.15) is 0 Å². The van der Waals surface area contributed by atoms with Crippen LogP contribution >= 0.6 is 23.2 Å². The van der Waals surface area contributed by atoms with Crippen LogP contribution in [0.1, 0.15) is 26.2 Å². The maximum absolute atomic E-state index is 12.6. The minimum Gasteiger partial charge on any atom is -0.340 e. The number of halogens is 2. The Kier molecular flexibility index (Phi) is 5.90. The van der Waals surface area contributed by atoms with E-state index in [1.807, 2.05) is 9.80 Å². The summed E-state index contributed by atoms with van der Waals surface area (Å²) in [6, 6.07) is -0.142. The zero-order valence-electron chi connectivity index (χ0n) is 14.0. The largest absolute Gasteiger partial charge is 0.340 e. The summed E-state index contributed by atoms with van der Waals surface area (Å²) in [6.45, 7) is 5.42. The van der Waals surface area contributed by atoms with E-state index in [0.717, 1.165) is 32.4 Å². The average molecular weight is 377 g/mol. The molecule has 24 heavy (non-hydrogen) atoms. The maximum Gasteiger partial charge on any atom is 0.253 e. The third kappa shape index (κ3) is 3.98. The van der Waals surface area contributed by atoms with E-state index >= 15 is 0 Å². The number of rotatable bonds is 3. The maximum atomic E-state index is 12.6. The average Bonchev–Trinajstić information content (AvgIpc) is 2.54. The van der Waals surface area contributed by atoms with Gasteiger partial charge >= 0.3 is 0 Å². The van der Waals surface area contributed by atoms with Gasteiger partial charge in [-0.3, -0.25) is 19.9 Å². The molecule has 2 saturated heterocycles. The zero-order valence-corrected chi connectivity index (χ0v) is 15.5. The number of hydrogen-bond acceptors (Lipinski definition) is 4. The number of alkyl halides is 2. The molecule has 3 rings (SSSR count). The number of hydrazine groups is 1. The third-order valence-corrected chi connectivity index (χ3v) is 6.55. The number of piperazine rings is 1. The van der Waals surface area contributed by atoms with Crippen molar-refractivity contribution in [2.45, 2.75) is 43.0 Å². The number of amides is 2. The SMILES string of the molecule is CC1CC(Cl)CCC1CN1CCN(C2CNNC(=O)C2Cl)CC1=O. The van der Waals surface area contributed by atoms with Crippen LogP contribution in [0.25, 0.3) is 0 Å². The lowest BCUT2D eigenvalue weighted by molar-refractivity contribution is -0.139. The van der Waals surface area contributed by atoms with Gasteiger partial charge in [-0.25, -0.2) is 5.43 Å². The molecule has 136 valence electrons. The zero-order chi connectivity index (χ0) is 17.3. The van der Waals surface area contributed by atoms with E-state index in [4.69, 9.17) is 23.2 Å². The van der Waals surface area contributed by atoms with Gasteiger partial charge in [0.1, 0.15) is 5.38 Å². The lowest BCUT2D eigenvalue weighted by atomic mass is 9.80. The van der Waals surface area contributed by atoms with Crippen molar-refractivity contribution in [1.82, 2.24) is 20.7 Å². The van der Waals surface area contributed by atoms with Gasteiger partial charge in [0.2, 0.25) is 5.91 Å². The Hall–Kier alpha value is -0.560. The lowest BCUT2D eigenvalue weighted by Gasteiger charge is -2.43. The van der Waals surface area contributed by atoms with E-state index in [0.29, 0.717) is 31.5 Å². The normalized spacial score (nSPS) is 39.0. The number of nitrogens with zero attached hydrogens (tertiary/aromatic N) is 2. The smallest absolute Gasteiger partial charge is 0.253 e. The summed E-state index contributed by atoms with van der Waals surface area (Å²) in [6.07, 6.45) is 3.18.